The summed E-state index contributed by atoms with van der Waals surface area (Å²) in [6.45, 7) is 1.89. The lowest BCUT2D eigenvalue weighted by molar-refractivity contribution is 0.195. The first-order valence-corrected chi connectivity index (χ1v) is 5.65. The fourth-order valence-electron chi connectivity index (χ4n) is 1.38. The van der Waals surface area contributed by atoms with Crippen LogP contribution in [0.15, 0.2) is 35.5 Å². The van der Waals surface area contributed by atoms with Crippen molar-refractivity contribution in [3.05, 3.63) is 30.3 Å². The summed E-state index contributed by atoms with van der Waals surface area (Å²) in [7, 11) is 0. The van der Waals surface area contributed by atoms with Gasteiger partial charge in [0.1, 0.15) is 11.6 Å². The molecule has 18 heavy (non-hydrogen) atoms. The molecule has 1 aromatic rings. The fraction of sp³-hybridized carbons (Fsp3) is 0.333. The highest BCUT2D eigenvalue weighted by Gasteiger charge is 2.13. The summed E-state index contributed by atoms with van der Waals surface area (Å²) in [5, 5.41) is 14.0. The number of rotatable bonds is 5. The molecular weight excluding hydrogens is 234 g/mol. The number of carbonyl (C=O) groups is 1. The Morgan fingerprint density at radius 3 is 2.72 bits per heavy atom. The van der Waals surface area contributed by atoms with E-state index in [-0.39, 0.29) is 18.3 Å². The Bertz CT molecular complexity index is 406. The van der Waals surface area contributed by atoms with Crippen molar-refractivity contribution >= 4 is 11.9 Å². The molecule has 0 aromatic heterocycles. The third-order valence-corrected chi connectivity index (χ3v) is 2.35. The van der Waals surface area contributed by atoms with Gasteiger partial charge in [-0.1, -0.05) is 30.3 Å². The molecule has 6 heteroatoms. The normalized spacial score (nSPS) is 12.8. The lowest BCUT2D eigenvalue weighted by Crippen LogP contribution is -2.39. The second kappa shape index (κ2) is 7.16. The number of nitrogens with zero attached hydrogens (tertiary/aromatic N) is 1. The second-order valence-corrected chi connectivity index (χ2v) is 3.75. The summed E-state index contributed by atoms with van der Waals surface area (Å²) in [5.41, 5.74) is 5.39. The number of nitrogens with one attached hydrogen (secondary N) is 1. The van der Waals surface area contributed by atoms with Crippen LogP contribution in [0.5, 0.6) is 5.75 Å². The van der Waals surface area contributed by atoms with Gasteiger partial charge in [-0.15, -0.1) is 0 Å². The number of oxime groups is 1. The van der Waals surface area contributed by atoms with Gasteiger partial charge in [-0.2, -0.15) is 0 Å². The van der Waals surface area contributed by atoms with Crippen LogP contribution in [-0.2, 0) is 0 Å². The van der Waals surface area contributed by atoms with Crippen LogP contribution in [0.3, 0.4) is 0 Å². The zero-order chi connectivity index (χ0) is 13.4. The van der Waals surface area contributed by atoms with E-state index >= 15 is 0 Å². The average molecular weight is 251 g/mol. The van der Waals surface area contributed by atoms with Gasteiger partial charge in [-0.25, -0.2) is 4.79 Å². The van der Waals surface area contributed by atoms with Crippen molar-refractivity contribution in [2.75, 3.05) is 0 Å². The van der Waals surface area contributed by atoms with E-state index in [9.17, 15) is 4.79 Å². The first kappa shape index (κ1) is 13.8. The molecule has 4 N–H and O–H groups in total. The van der Waals surface area contributed by atoms with Gasteiger partial charge in [0.2, 0.25) is 0 Å². The smallest absolute Gasteiger partial charge is 0.410 e. The summed E-state index contributed by atoms with van der Waals surface area (Å²) in [4.78, 5) is 11.6. The minimum atomic E-state index is -0.557. The van der Waals surface area contributed by atoms with Crippen molar-refractivity contribution in [1.29, 1.82) is 0 Å². The molecule has 0 spiro atoms. The van der Waals surface area contributed by atoms with Crippen LogP contribution in [0.1, 0.15) is 19.8 Å². The highest BCUT2D eigenvalue weighted by molar-refractivity contribution is 5.81. The standard InChI is InChI=1S/C12H17N3O3/c1-2-9(8-11(13)15-17)14-12(16)18-10-6-4-3-5-7-10/h3-7,9,17H,2,8H2,1H3,(H2,13,15)(H,14,16). The van der Waals surface area contributed by atoms with Gasteiger partial charge < -0.3 is 21.0 Å². The summed E-state index contributed by atoms with van der Waals surface area (Å²) in [6.07, 6.45) is 0.371. The molecule has 0 radical (unpaired) electrons. The van der Waals surface area contributed by atoms with Gasteiger partial charge >= 0.3 is 6.09 Å². The first-order chi connectivity index (χ1) is 8.65. The van der Waals surface area contributed by atoms with E-state index in [0.29, 0.717) is 12.2 Å². The number of hydrogen-bond donors (Lipinski definition) is 3. The Kier molecular flexibility index (Phi) is 5.50. The molecule has 0 fully saturated rings. The highest BCUT2D eigenvalue weighted by atomic mass is 16.6. The first-order valence-electron chi connectivity index (χ1n) is 5.65. The topological polar surface area (TPSA) is 96.9 Å². The van der Waals surface area contributed by atoms with Crippen molar-refractivity contribution in [2.24, 2.45) is 10.9 Å². The van der Waals surface area contributed by atoms with Gasteiger partial charge in [0.15, 0.2) is 0 Å². The summed E-state index contributed by atoms with van der Waals surface area (Å²) < 4.78 is 5.07. The van der Waals surface area contributed by atoms with Gasteiger partial charge in [0.05, 0.1) is 0 Å². The van der Waals surface area contributed by atoms with E-state index < -0.39 is 6.09 Å². The molecule has 1 rings (SSSR count). The van der Waals surface area contributed by atoms with E-state index in [0.717, 1.165) is 0 Å². The monoisotopic (exact) mass is 251 g/mol. The Balaban J connectivity index is 2.47. The Morgan fingerprint density at radius 1 is 1.50 bits per heavy atom. The summed E-state index contributed by atoms with van der Waals surface area (Å²) in [5.74, 6) is 0.538. The summed E-state index contributed by atoms with van der Waals surface area (Å²) >= 11 is 0. The molecule has 0 bridgehead atoms. The minimum Gasteiger partial charge on any atom is -0.410 e. The van der Waals surface area contributed by atoms with E-state index in [1.54, 1.807) is 24.3 Å². The van der Waals surface area contributed by atoms with Crippen LogP contribution in [0, 0.1) is 0 Å². The van der Waals surface area contributed by atoms with E-state index in [2.05, 4.69) is 10.5 Å². The minimum absolute atomic E-state index is 0.0712. The van der Waals surface area contributed by atoms with Crippen LogP contribution in [0.4, 0.5) is 4.79 Å². The molecule has 1 aromatic carbocycles. The van der Waals surface area contributed by atoms with Crippen molar-refractivity contribution < 1.29 is 14.7 Å². The van der Waals surface area contributed by atoms with E-state index in [1.807, 2.05) is 13.0 Å². The van der Waals surface area contributed by atoms with Crippen LogP contribution in [-0.4, -0.2) is 23.2 Å². The van der Waals surface area contributed by atoms with Crippen LogP contribution >= 0.6 is 0 Å². The maximum Gasteiger partial charge on any atom is 0.412 e. The van der Waals surface area contributed by atoms with Crippen molar-refractivity contribution in [1.82, 2.24) is 5.32 Å². The molecule has 6 nitrogen and oxygen atoms in total. The molecule has 1 atom stereocenters. The van der Waals surface area contributed by atoms with Gasteiger partial charge in [-0.05, 0) is 18.6 Å². The number of hydrogen-bond acceptors (Lipinski definition) is 4. The number of para-hydroxylation sites is 1. The molecule has 0 saturated carbocycles. The maximum atomic E-state index is 11.6. The van der Waals surface area contributed by atoms with E-state index in [4.69, 9.17) is 15.7 Å². The lowest BCUT2D eigenvalue weighted by Gasteiger charge is -2.15. The maximum absolute atomic E-state index is 11.6. The van der Waals surface area contributed by atoms with Gasteiger partial charge in [0, 0.05) is 12.5 Å². The quantitative estimate of drug-likeness (QED) is 0.321. The van der Waals surface area contributed by atoms with Crippen molar-refractivity contribution in [3.63, 3.8) is 0 Å². The third kappa shape index (κ3) is 4.73. The van der Waals surface area contributed by atoms with Crippen molar-refractivity contribution in [3.8, 4) is 5.75 Å². The number of ether oxygens (including phenoxy) is 1. The molecule has 0 heterocycles. The predicted molar refractivity (Wildman–Crippen MR) is 67.7 cm³/mol. The second-order valence-electron chi connectivity index (χ2n) is 3.75. The lowest BCUT2D eigenvalue weighted by atomic mass is 10.1. The Labute approximate surface area is 105 Å². The number of amides is 1. The molecular formula is C12H17N3O3. The summed E-state index contributed by atoms with van der Waals surface area (Å²) in [6, 6.07) is 8.52. The number of benzene rings is 1. The molecule has 0 aliphatic heterocycles. The van der Waals surface area contributed by atoms with Crippen molar-refractivity contribution in [2.45, 2.75) is 25.8 Å². The fourth-order valence-corrected chi connectivity index (χ4v) is 1.38. The van der Waals surface area contributed by atoms with Crippen LogP contribution < -0.4 is 15.8 Å². The average Bonchev–Trinajstić information content (AvgIpc) is 2.38. The number of amidine groups is 1. The van der Waals surface area contributed by atoms with E-state index in [1.165, 1.54) is 0 Å². The van der Waals surface area contributed by atoms with Gasteiger partial charge in [0.25, 0.3) is 0 Å². The van der Waals surface area contributed by atoms with Crippen LogP contribution in [0.2, 0.25) is 0 Å². The highest BCUT2D eigenvalue weighted by Crippen LogP contribution is 2.08. The molecule has 0 saturated heterocycles. The van der Waals surface area contributed by atoms with Gasteiger partial charge in [-0.3, -0.25) is 0 Å². The number of carbonyl (C=O) groups excluding carboxylic acids is 1. The Morgan fingerprint density at radius 2 is 2.17 bits per heavy atom. The molecule has 0 aliphatic carbocycles. The molecule has 98 valence electrons. The predicted octanol–water partition coefficient (Wildman–Crippen LogP) is 1.69. The molecule has 1 amide bonds. The third-order valence-electron chi connectivity index (χ3n) is 2.35. The largest absolute Gasteiger partial charge is 0.412 e. The zero-order valence-electron chi connectivity index (χ0n) is 10.2. The SMILES string of the molecule is CCC(CC(N)=NO)NC(=O)Oc1ccccc1. The number of nitrogens with two attached hydrogens (primary N) is 1. The molecule has 0 aliphatic rings. The van der Waals surface area contributed by atoms with Crippen LogP contribution in [0.25, 0.3) is 0 Å². The molecule has 1 unspecified atom stereocenters. The zero-order valence-corrected chi connectivity index (χ0v) is 10.2. The Hall–Kier alpha value is -2.24.